The van der Waals surface area contributed by atoms with Crippen LogP contribution in [0.1, 0.15) is 23.7 Å². The average molecular weight is 274 g/mol. The highest BCUT2D eigenvalue weighted by atomic mass is 19.1. The number of aliphatic hydroxyl groups is 1. The first kappa shape index (κ1) is 15.0. The molecular formula is C11H12F2N2O4. The van der Waals surface area contributed by atoms with Crippen molar-refractivity contribution in [1.82, 2.24) is 5.32 Å². The van der Waals surface area contributed by atoms with Crippen LogP contribution in [0.2, 0.25) is 0 Å². The Balaban J connectivity index is 3.05. The van der Waals surface area contributed by atoms with Crippen LogP contribution < -0.4 is 5.32 Å². The van der Waals surface area contributed by atoms with Gasteiger partial charge in [0.15, 0.2) is 0 Å². The standard InChI is InChI=1S/C11H12F2N2O4/c1-2-6(5-16)14-11(17)7-3-9(13)10(15(18)19)4-8(7)12/h3-4,6,16H,2,5H2,1H3,(H,14,17)/t6-/m0/s1. The Morgan fingerprint density at radius 1 is 1.47 bits per heavy atom. The van der Waals surface area contributed by atoms with Crippen LogP contribution in [0.5, 0.6) is 0 Å². The molecule has 1 aromatic carbocycles. The number of benzene rings is 1. The number of halogens is 2. The van der Waals surface area contributed by atoms with Gasteiger partial charge in [-0.25, -0.2) is 4.39 Å². The second kappa shape index (κ2) is 6.19. The molecule has 1 atom stereocenters. The number of hydrogen-bond acceptors (Lipinski definition) is 4. The summed E-state index contributed by atoms with van der Waals surface area (Å²) < 4.78 is 26.8. The third-order valence-corrected chi connectivity index (χ3v) is 2.53. The molecule has 6 nitrogen and oxygen atoms in total. The SMILES string of the molecule is CC[C@@H](CO)NC(=O)c1cc(F)c([N+](=O)[O-])cc1F. The predicted octanol–water partition coefficient (Wildman–Crippen LogP) is 1.37. The van der Waals surface area contributed by atoms with Gasteiger partial charge in [0.2, 0.25) is 5.82 Å². The van der Waals surface area contributed by atoms with Gasteiger partial charge in [-0.15, -0.1) is 0 Å². The predicted molar refractivity (Wildman–Crippen MR) is 61.6 cm³/mol. The van der Waals surface area contributed by atoms with E-state index < -0.39 is 39.8 Å². The molecule has 0 aliphatic rings. The molecule has 1 amide bonds. The summed E-state index contributed by atoms with van der Waals surface area (Å²) in [6.07, 6.45) is 0.402. The average Bonchev–Trinajstić information content (AvgIpc) is 2.37. The summed E-state index contributed by atoms with van der Waals surface area (Å²) in [4.78, 5) is 20.9. The number of nitrogens with one attached hydrogen (secondary N) is 1. The van der Waals surface area contributed by atoms with E-state index >= 15 is 0 Å². The summed E-state index contributed by atoms with van der Waals surface area (Å²) in [5.41, 5.74) is -1.68. The first-order chi connectivity index (χ1) is 8.90. The van der Waals surface area contributed by atoms with Crippen molar-refractivity contribution in [3.8, 4) is 0 Å². The van der Waals surface area contributed by atoms with Crippen molar-refractivity contribution >= 4 is 11.6 Å². The van der Waals surface area contributed by atoms with E-state index in [2.05, 4.69) is 5.32 Å². The first-order valence-electron chi connectivity index (χ1n) is 5.45. The molecule has 0 radical (unpaired) electrons. The lowest BCUT2D eigenvalue weighted by atomic mass is 10.1. The third-order valence-electron chi connectivity index (χ3n) is 2.53. The lowest BCUT2D eigenvalue weighted by molar-refractivity contribution is -0.387. The quantitative estimate of drug-likeness (QED) is 0.626. The summed E-state index contributed by atoms with van der Waals surface area (Å²) in [5.74, 6) is -3.43. The van der Waals surface area contributed by atoms with E-state index in [1.807, 2.05) is 0 Å². The fourth-order valence-corrected chi connectivity index (χ4v) is 1.39. The minimum absolute atomic E-state index is 0.348. The van der Waals surface area contributed by atoms with Crippen molar-refractivity contribution in [3.63, 3.8) is 0 Å². The molecule has 8 heteroatoms. The largest absolute Gasteiger partial charge is 0.394 e. The highest BCUT2D eigenvalue weighted by Gasteiger charge is 2.22. The van der Waals surface area contributed by atoms with E-state index in [9.17, 15) is 23.7 Å². The maximum absolute atomic E-state index is 13.5. The molecule has 1 aromatic rings. The molecule has 0 heterocycles. The van der Waals surface area contributed by atoms with Crippen molar-refractivity contribution in [2.24, 2.45) is 0 Å². The Morgan fingerprint density at radius 2 is 2.11 bits per heavy atom. The Bertz CT molecular complexity index is 504. The van der Waals surface area contributed by atoms with Gasteiger partial charge in [-0.2, -0.15) is 4.39 Å². The van der Waals surface area contributed by atoms with Gasteiger partial charge >= 0.3 is 5.69 Å². The lowest BCUT2D eigenvalue weighted by Crippen LogP contribution is -2.37. The number of rotatable bonds is 5. The maximum Gasteiger partial charge on any atom is 0.307 e. The number of aliphatic hydroxyl groups excluding tert-OH is 1. The number of carbonyl (C=O) groups excluding carboxylic acids is 1. The van der Waals surface area contributed by atoms with Crippen molar-refractivity contribution in [2.45, 2.75) is 19.4 Å². The minimum atomic E-state index is -1.30. The normalized spacial score (nSPS) is 12.0. The van der Waals surface area contributed by atoms with Gasteiger partial charge in [-0.05, 0) is 12.5 Å². The van der Waals surface area contributed by atoms with Gasteiger partial charge < -0.3 is 10.4 Å². The van der Waals surface area contributed by atoms with E-state index in [0.717, 1.165) is 0 Å². The molecule has 0 saturated carbocycles. The van der Waals surface area contributed by atoms with Crippen LogP contribution in [0.25, 0.3) is 0 Å². The number of hydrogen-bond donors (Lipinski definition) is 2. The molecule has 0 fully saturated rings. The Morgan fingerprint density at radius 3 is 2.58 bits per heavy atom. The zero-order valence-electron chi connectivity index (χ0n) is 10.0. The van der Waals surface area contributed by atoms with Crippen molar-refractivity contribution < 1.29 is 23.6 Å². The number of nitro benzene ring substituents is 1. The fourth-order valence-electron chi connectivity index (χ4n) is 1.39. The molecule has 2 N–H and O–H groups in total. The Labute approximate surface area is 107 Å². The molecule has 19 heavy (non-hydrogen) atoms. The van der Waals surface area contributed by atoms with Crippen LogP contribution in [-0.2, 0) is 0 Å². The van der Waals surface area contributed by atoms with Crippen LogP contribution in [0.15, 0.2) is 12.1 Å². The van der Waals surface area contributed by atoms with E-state index in [1.165, 1.54) is 0 Å². The number of nitrogens with zero attached hydrogens (tertiary/aromatic N) is 1. The van der Waals surface area contributed by atoms with E-state index in [0.29, 0.717) is 18.6 Å². The van der Waals surface area contributed by atoms with Gasteiger partial charge in [-0.1, -0.05) is 6.92 Å². The number of nitro groups is 1. The second-order valence-corrected chi connectivity index (χ2v) is 3.80. The van der Waals surface area contributed by atoms with E-state index in [-0.39, 0.29) is 6.61 Å². The van der Waals surface area contributed by atoms with Crippen LogP contribution >= 0.6 is 0 Å². The molecule has 0 aliphatic heterocycles. The summed E-state index contributed by atoms with van der Waals surface area (Å²) in [5, 5.41) is 21.6. The van der Waals surface area contributed by atoms with E-state index in [4.69, 9.17) is 5.11 Å². The summed E-state index contributed by atoms with van der Waals surface area (Å²) >= 11 is 0. The highest BCUT2D eigenvalue weighted by molar-refractivity contribution is 5.95. The van der Waals surface area contributed by atoms with Crippen molar-refractivity contribution in [1.29, 1.82) is 0 Å². The molecule has 0 aliphatic carbocycles. The Kier molecular flexibility index (Phi) is 4.87. The van der Waals surface area contributed by atoms with Gasteiger partial charge in [0.25, 0.3) is 5.91 Å². The lowest BCUT2D eigenvalue weighted by Gasteiger charge is -2.14. The summed E-state index contributed by atoms with van der Waals surface area (Å²) in [6, 6.07) is 0.224. The van der Waals surface area contributed by atoms with Crippen LogP contribution in [0.3, 0.4) is 0 Å². The van der Waals surface area contributed by atoms with E-state index in [1.54, 1.807) is 6.92 Å². The summed E-state index contributed by atoms with van der Waals surface area (Å²) in [7, 11) is 0. The van der Waals surface area contributed by atoms with Crippen molar-refractivity contribution in [3.05, 3.63) is 39.4 Å². The number of amides is 1. The molecule has 0 aromatic heterocycles. The molecular weight excluding hydrogens is 262 g/mol. The molecule has 0 saturated heterocycles. The minimum Gasteiger partial charge on any atom is -0.394 e. The zero-order chi connectivity index (χ0) is 14.6. The molecule has 0 spiro atoms. The van der Waals surface area contributed by atoms with Gasteiger partial charge in [0.05, 0.1) is 29.2 Å². The zero-order valence-corrected chi connectivity index (χ0v) is 10.0. The van der Waals surface area contributed by atoms with Crippen LogP contribution in [0.4, 0.5) is 14.5 Å². The van der Waals surface area contributed by atoms with Crippen LogP contribution in [0, 0.1) is 21.7 Å². The second-order valence-electron chi connectivity index (χ2n) is 3.80. The molecule has 1 rings (SSSR count). The van der Waals surface area contributed by atoms with Gasteiger partial charge in [0, 0.05) is 0 Å². The molecule has 0 bridgehead atoms. The monoisotopic (exact) mass is 274 g/mol. The van der Waals surface area contributed by atoms with Crippen LogP contribution in [-0.4, -0.2) is 28.6 Å². The Hall–Kier alpha value is -2.09. The molecule has 104 valence electrons. The number of carbonyl (C=O) groups is 1. The molecule has 0 unspecified atom stereocenters. The van der Waals surface area contributed by atoms with Crippen molar-refractivity contribution in [2.75, 3.05) is 6.61 Å². The highest BCUT2D eigenvalue weighted by Crippen LogP contribution is 2.21. The summed E-state index contributed by atoms with van der Waals surface area (Å²) in [6.45, 7) is 1.34. The maximum atomic E-state index is 13.5. The van der Waals surface area contributed by atoms with Gasteiger partial charge in [-0.3, -0.25) is 14.9 Å². The smallest absolute Gasteiger partial charge is 0.307 e. The topological polar surface area (TPSA) is 92.5 Å². The fraction of sp³-hybridized carbons (Fsp3) is 0.364. The third kappa shape index (κ3) is 3.44. The first-order valence-corrected chi connectivity index (χ1v) is 5.45. The van der Waals surface area contributed by atoms with Gasteiger partial charge in [0.1, 0.15) is 5.82 Å².